The molecule has 21 heavy (non-hydrogen) atoms. The van der Waals surface area contributed by atoms with Crippen molar-refractivity contribution in [2.45, 2.75) is 11.8 Å². The molecule has 0 spiro atoms. The Morgan fingerprint density at radius 3 is 2.67 bits per heavy atom. The number of anilines is 1. The number of nitrogen functional groups attached to an aromatic ring is 1. The van der Waals surface area contributed by atoms with Gasteiger partial charge in [-0.3, -0.25) is 16.0 Å². The van der Waals surface area contributed by atoms with E-state index in [-0.39, 0.29) is 28.7 Å². The predicted octanol–water partition coefficient (Wildman–Crippen LogP) is 0.441. The number of methoxy groups -OCH3 is 1. The van der Waals surface area contributed by atoms with E-state index in [0.717, 1.165) is 18.2 Å². The molecule has 9 nitrogen and oxygen atoms in total. The number of benzene rings is 1. The summed E-state index contributed by atoms with van der Waals surface area (Å²) in [6.07, 6.45) is 0. The lowest BCUT2D eigenvalue weighted by Crippen LogP contribution is -2.30. The zero-order chi connectivity index (χ0) is 16.0. The maximum absolute atomic E-state index is 12.2. The van der Waals surface area contributed by atoms with E-state index in [1.807, 2.05) is 6.92 Å². The minimum atomic E-state index is -3.83. The fourth-order valence-corrected chi connectivity index (χ4v) is 2.97. The number of sulfonamides is 1. The highest BCUT2D eigenvalue weighted by atomic mass is 32.2. The van der Waals surface area contributed by atoms with Gasteiger partial charge in [0.1, 0.15) is 4.90 Å². The Morgan fingerprint density at radius 2 is 2.14 bits per heavy atom. The van der Waals surface area contributed by atoms with Crippen LogP contribution in [-0.4, -0.2) is 33.6 Å². The molecule has 0 heterocycles. The van der Waals surface area contributed by atoms with Crippen LogP contribution in [0.2, 0.25) is 0 Å². The minimum Gasteiger partial charge on any atom is -0.384 e. The van der Waals surface area contributed by atoms with E-state index in [4.69, 9.17) is 10.6 Å². The van der Waals surface area contributed by atoms with Gasteiger partial charge in [0.05, 0.1) is 10.6 Å². The van der Waals surface area contributed by atoms with Crippen LogP contribution >= 0.6 is 0 Å². The highest BCUT2D eigenvalue weighted by molar-refractivity contribution is 7.89. The van der Waals surface area contributed by atoms with E-state index in [0.29, 0.717) is 6.61 Å². The molecule has 1 unspecified atom stereocenters. The van der Waals surface area contributed by atoms with Crippen molar-refractivity contribution in [1.82, 2.24) is 4.72 Å². The van der Waals surface area contributed by atoms with Gasteiger partial charge in [-0.05, 0) is 12.0 Å². The predicted molar refractivity (Wildman–Crippen MR) is 77.1 cm³/mol. The molecule has 0 saturated heterocycles. The van der Waals surface area contributed by atoms with Crippen LogP contribution in [0.5, 0.6) is 0 Å². The molecule has 0 saturated carbocycles. The van der Waals surface area contributed by atoms with Crippen molar-refractivity contribution >= 4 is 21.4 Å². The fraction of sp³-hybridized carbons (Fsp3) is 0.455. The standard InChI is InChI=1S/C11H18N4O5S/c1-8(7-20-2)6-13-21(18,19)11-4-3-9(15(16)17)5-10(11)14-12/h3-5,8,13-14H,6-7,12H2,1-2H3. The number of nitro groups is 1. The number of hydrazine groups is 1. The van der Waals surface area contributed by atoms with E-state index in [1.54, 1.807) is 0 Å². The molecule has 1 atom stereocenters. The molecule has 0 amide bonds. The van der Waals surface area contributed by atoms with Gasteiger partial charge in [0.15, 0.2) is 0 Å². The van der Waals surface area contributed by atoms with E-state index in [9.17, 15) is 18.5 Å². The molecule has 0 fully saturated rings. The molecule has 10 heteroatoms. The van der Waals surface area contributed by atoms with Gasteiger partial charge in [0.2, 0.25) is 10.0 Å². The lowest BCUT2D eigenvalue weighted by Gasteiger charge is -2.14. The van der Waals surface area contributed by atoms with Gasteiger partial charge in [-0.15, -0.1) is 0 Å². The Kier molecular flexibility index (Phi) is 6.03. The van der Waals surface area contributed by atoms with Gasteiger partial charge in [0, 0.05) is 32.4 Å². The first-order valence-electron chi connectivity index (χ1n) is 6.05. The number of ether oxygens (including phenoxy) is 1. The lowest BCUT2D eigenvalue weighted by atomic mass is 10.2. The summed E-state index contributed by atoms with van der Waals surface area (Å²) in [4.78, 5) is 9.89. The first-order valence-corrected chi connectivity index (χ1v) is 7.53. The summed E-state index contributed by atoms with van der Waals surface area (Å²) in [5.74, 6) is 5.22. The van der Waals surface area contributed by atoms with Crippen molar-refractivity contribution in [3.05, 3.63) is 28.3 Å². The lowest BCUT2D eigenvalue weighted by molar-refractivity contribution is -0.384. The number of nitrogens with two attached hydrogens (primary N) is 1. The van der Waals surface area contributed by atoms with Crippen molar-refractivity contribution in [3.63, 3.8) is 0 Å². The largest absolute Gasteiger partial charge is 0.384 e. The van der Waals surface area contributed by atoms with Crippen molar-refractivity contribution in [2.75, 3.05) is 25.7 Å². The number of hydrogen-bond acceptors (Lipinski definition) is 7. The van der Waals surface area contributed by atoms with Crippen LogP contribution in [0.1, 0.15) is 6.92 Å². The van der Waals surface area contributed by atoms with Crippen molar-refractivity contribution in [3.8, 4) is 0 Å². The van der Waals surface area contributed by atoms with Crippen molar-refractivity contribution in [1.29, 1.82) is 0 Å². The topological polar surface area (TPSA) is 137 Å². The third-order valence-corrected chi connectivity index (χ3v) is 4.17. The average Bonchev–Trinajstić information content (AvgIpc) is 2.44. The van der Waals surface area contributed by atoms with E-state index in [2.05, 4.69) is 10.1 Å². The second-order valence-corrected chi connectivity index (χ2v) is 6.23. The van der Waals surface area contributed by atoms with Gasteiger partial charge in [-0.25, -0.2) is 13.1 Å². The molecular formula is C11H18N4O5S. The molecule has 0 radical (unpaired) electrons. The Bertz CT molecular complexity index is 605. The van der Waals surface area contributed by atoms with E-state index >= 15 is 0 Å². The van der Waals surface area contributed by atoms with Gasteiger partial charge < -0.3 is 10.2 Å². The number of hydrogen-bond donors (Lipinski definition) is 3. The van der Waals surface area contributed by atoms with Crippen LogP contribution in [0.4, 0.5) is 11.4 Å². The van der Waals surface area contributed by atoms with Crippen LogP contribution in [0.15, 0.2) is 23.1 Å². The summed E-state index contributed by atoms with van der Waals surface area (Å²) in [6, 6.07) is 3.30. The zero-order valence-electron chi connectivity index (χ0n) is 11.7. The molecule has 0 aromatic heterocycles. The summed E-state index contributed by atoms with van der Waals surface area (Å²) in [7, 11) is -2.30. The van der Waals surface area contributed by atoms with Crippen LogP contribution in [0.25, 0.3) is 0 Å². The maximum atomic E-state index is 12.2. The average molecular weight is 318 g/mol. The molecule has 0 aliphatic carbocycles. The molecule has 4 N–H and O–H groups in total. The smallest absolute Gasteiger partial charge is 0.271 e. The Balaban J connectivity index is 3.00. The number of nitrogens with one attached hydrogen (secondary N) is 2. The zero-order valence-corrected chi connectivity index (χ0v) is 12.5. The molecule has 1 rings (SSSR count). The highest BCUT2D eigenvalue weighted by Gasteiger charge is 2.21. The Labute approximate surface area is 122 Å². The first kappa shape index (κ1) is 17.3. The van der Waals surface area contributed by atoms with E-state index < -0.39 is 14.9 Å². The van der Waals surface area contributed by atoms with Crippen molar-refractivity contribution < 1.29 is 18.1 Å². The third-order valence-electron chi connectivity index (χ3n) is 2.69. The first-order chi connectivity index (χ1) is 9.81. The molecular weight excluding hydrogens is 300 g/mol. The van der Waals surface area contributed by atoms with Crippen LogP contribution < -0.4 is 16.0 Å². The van der Waals surface area contributed by atoms with Gasteiger partial charge in [-0.2, -0.15) is 0 Å². The monoisotopic (exact) mass is 318 g/mol. The molecule has 1 aromatic rings. The number of nitro benzene ring substituents is 1. The molecule has 0 aliphatic heterocycles. The van der Waals surface area contributed by atoms with Crippen LogP contribution in [0.3, 0.4) is 0 Å². The third kappa shape index (κ3) is 4.63. The van der Waals surface area contributed by atoms with E-state index in [1.165, 1.54) is 7.11 Å². The second-order valence-electron chi connectivity index (χ2n) is 4.49. The normalized spacial score (nSPS) is 12.9. The number of non-ortho nitro benzene ring substituents is 1. The van der Waals surface area contributed by atoms with Crippen molar-refractivity contribution in [2.24, 2.45) is 11.8 Å². The van der Waals surface area contributed by atoms with Gasteiger partial charge in [0.25, 0.3) is 5.69 Å². The maximum Gasteiger partial charge on any atom is 0.271 e. The second kappa shape index (κ2) is 7.31. The quantitative estimate of drug-likeness (QED) is 0.359. The summed E-state index contributed by atoms with van der Waals surface area (Å²) in [6.45, 7) is 2.41. The van der Waals surface area contributed by atoms with Crippen LogP contribution in [-0.2, 0) is 14.8 Å². The number of rotatable bonds is 8. The highest BCUT2D eigenvalue weighted by Crippen LogP contribution is 2.25. The number of nitrogens with zero attached hydrogens (tertiary/aromatic N) is 1. The Hall–Kier alpha value is -1.75. The Morgan fingerprint density at radius 1 is 1.48 bits per heavy atom. The summed E-state index contributed by atoms with van der Waals surface area (Å²) in [5.41, 5.74) is 1.86. The molecule has 0 bridgehead atoms. The molecule has 0 aliphatic rings. The summed E-state index contributed by atoms with van der Waals surface area (Å²) < 4.78 is 31.7. The SMILES string of the molecule is COCC(C)CNS(=O)(=O)c1ccc([N+](=O)[O-])cc1NN. The van der Waals surface area contributed by atoms with Gasteiger partial charge in [-0.1, -0.05) is 6.92 Å². The van der Waals surface area contributed by atoms with Crippen LogP contribution in [0, 0.1) is 16.0 Å². The molecule has 1 aromatic carbocycles. The minimum absolute atomic E-state index is 0.0166. The summed E-state index contributed by atoms with van der Waals surface area (Å²) >= 11 is 0. The van der Waals surface area contributed by atoms with Gasteiger partial charge >= 0.3 is 0 Å². The fourth-order valence-electron chi connectivity index (χ4n) is 1.65. The summed E-state index contributed by atoms with van der Waals surface area (Å²) in [5, 5.41) is 10.7. The molecule has 118 valence electrons.